The molecule has 2 unspecified atom stereocenters. The van der Waals surface area contributed by atoms with Gasteiger partial charge in [-0.3, -0.25) is 4.98 Å². The number of hydrogen-bond donors (Lipinski definition) is 1. The largest absolute Gasteiger partial charge is 0.489 e. The lowest BCUT2D eigenvalue weighted by atomic mass is 10.1. The number of nitrogens with zero attached hydrogens (tertiary/aromatic N) is 3. The first kappa shape index (κ1) is 18.9. The van der Waals surface area contributed by atoms with Crippen molar-refractivity contribution in [3.05, 3.63) is 60.2 Å². The Kier molecular flexibility index (Phi) is 6.50. The van der Waals surface area contributed by atoms with Crippen LogP contribution in [0.2, 0.25) is 0 Å². The molecule has 0 aliphatic carbocycles. The third kappa shape index (κ3) is 4.78. The van der Waals surface area contributed by atoms with Crippen LogP contribution in [0, 0.1) is 0 Å². The van der Waals surface area contributed by atoms with Crippen molar-refractivity contribution in [2.24, 2.45) is 5.73 Å². The number of benzene rings is 1. The van der Waals surface area contributed by atoms with Crippen molar-refractivity contribution >= 4 is 12.4 Å². The number of nitrogens with two attached hydrogens (primary N) is 1. The van der Waals surface area contributed by atoms with E-state index in [1.165, 1.54) is 0 Å². The van der Waals surface area contributed by atoms with Crippen LogP contribution in [0.1, 0.15) is 31.2 Å². The molecule has 0 fully saturated rings. The molecule has 0 bridgehead atoms. The van der Waals surface area contributed by atoms with Crippen molar-refractivity contribution in [2.75, 3.05) is 0 Å². The Morgan fingerprint density at radius 3 is 2.76 bits per heavy atom. The minimum absolute atomic E-state index is 0. The lowest BCUT2D eigenvalue weighted by molar-refractivity contribution is 0.306. The van der Waals surface area contributed by atoms with E-state index in [0.717, 1.165) is 16.9 Å². The molecule has 132 valence electrons. The van der Waals surface area contributed by atoms with Gasteiger partial charge in [-0.25, -0.2) is 0 Å². The Morgan fingerprint density at radius 2 is 2.04 bits per heavy atom. The number of halogens is 1. The van der Waals surface area contributed by atoms with Gasteiger partial charge in [0.25, 0.3) is 0 Å². The molecule has 6 nitrogen and oxygen atoms in total. The zero-order valence-corrected chi connectivity index (χ0v) is 14.9. The first-order valence-electron chi connectivity index (χ1n) is 7.85. The zero-order valence-electron chi connectivity index (χ0n) is 14.1. The van der Waals surface area contributed by atoms with Crippen molar-refractivity contribution in [1.29, 1.82) is 0 Å². The predicted molar refractivity (Wildman–Crippen MR) is 97.6 cm³/mol. The maximum atomic E-state index is 5.88. The molecule has 3 rings (SSSR count). The summed E-state index contributed by atoms with van der Waals surface area (Å²) in [4.78, 5) is 8.51. The fourth-order valence-electron chi connectivity index (χ4n) is 2.14. The van der Waals surface area contributed by atoms with Crippen molar-refractivity contribution in [3.8, 4) is 17.1 Å². The molecule has 0 saturated carbocycles. The monoisotopic (exact) mass is 360 g/mol. The second kappa shape index (κ2) is 8.60. The van der Waals surface area contributed by atoms with Gasteiger partial charge in [0.1, 0.15) is 12.4 Å². The molecule has 0 saturated heterocycles. The highest BCUT2D eigenvalue weighted by Gasteiger charge is 2.18. The number of aromatic nitrogens is 3. The van der Waals surface area contributed by atoms with E-state index in [1.54, 1.807) is 12.4 Å². The molecule has 0 radical (unpaired) electrons. The van der Waals surface area contributed by atoms with Crippen LogP contribution in [0.25, 0.3) is 11.4 Å². The number of hydrogen-bond acceptors (Lipinski definition) is 6. The molecular formula is C18H21ClN4O2. The van der Waals surface area contributed by atoms with E-state index in [1.807, 2.05) is 50.2 Å². The van der Waals surface area contributed by atoms with Crippen LogP contribution in [0.5, 0.6) is 5.75 Å². The number of rotatable bonds is 6. The van der Waals surface area contributed by atoms with Gasteiger partial charge in [0.05, 0.1) is 5.92 Å². The minimum Gasteiger partial charge on any atom is -0.489 e. The molecule has 0 amide bonds. The topological polar surface area (TPSA) is 87.1 Å². The van der Waals surface area contributed by atoms with E-state index >= 15 is 0 Å². The molecule has 0 aliphatic heterocycles. The first-order valence-corrected chi connectivity index (χ1v) is 7.85. The Labute approximate surface area is 152 Å². The quantitative estimate of drug-likeness (QED) is 0.722. The third-order valence-corrected chi connectivity index (χ3v) is 3.84. The van der Waals surface area contributed by atoms with Gasteiger partial charge in [-0.15, -0.1) is 12.4 Å². The molecule has 0 spiro atoms. The van der Waals surface area contributed by atoms with E-state index in [-0.39, 0.29) is 24.4 Å². The molecule has 2 N–H and O–H groups in total. The molecule has 25 heavy (non-hydrogen) atoms. The fraction of sp³-hybridized carbons (Fsp3) is 0.278. The molecule has 2 atom stereocenters. The smallest absolute Gasteiger partial charge is 0.231 e. The standard InChI is InChI=1S/C18H20N4O2.ClH/c1-12(13(2)19)18-21-17(22-24-18)15-6-3-7-16(9-15)23-11-14-5-4-8-20-10-14;/h3-10,12-13H,11,19H2,1-2H3;1H. The second-order valence-corrected chi connectivity index (χ2v) is 5.78. The van der Waals surface area contributed by atoms with Gasteiger partial charge in [0.2, 0.25) is 11.7 Å². The first-order chi connectivity index (χ1) is 11.6. The highest BCUT2D eigenvalue weighted by molar-refractivity contribution is 5.85. The summed E-state index contributed by atoms with van der Waals surface area (Å²) in [5.41, 5.74) is 7.73. The molecule has 2 heterocycles. The van der Waals surface area contributed by atoms with Gasteiger partial charge in [-0.1, -0.05) is 30.3 Å². The van der Waals surface area contributed by atoms with Crippen LogP contribution >= 0.6 is 12.4 Å². The normalized spacial score (nSPS) is 12.9. The van der Waals surface area contributed by atoms with Crippen LogP contribution in [-0.2, 0) is 6.61 Å². The average molecular weight is 361 g/mol. The van der Waals surface area contributed by atoms with Crippen molar-refractivity contribution in [1.82, 2.24) is 15.1 Å². The molecular weight excluding hydrogens is 340 g/mol. The molecule has 7 heteroatoms. The second-order valence-electron chi connectivity index (χ2n) is 5.78. The van der Waals surface area contributed by atoms with E-state index in [4.69, 9.17) is 15.0 Å². The van der Waals surface area contributed by atoms with E-state index in [2.05, 4.69) is 15.1 Å². The summed E-state index contributed by atoms with van der Waals surface area (Å²) in [5, 5.41) is 4.04. The SMILES string of the molecule is CC(N)C(C)c1nc(-c2cccc(OCc3cccnc3)c2)no1.Cl. The van der Waals surface area contributed by atoms with Gasteiger partial charge in [0.15, 0.2) is 0 Å². The molecule has 3 aromatic rings. The highest BCUT2D eigenvalue weighted by Crippen LogP contribution is 2.24. The van der Waals surface area contributed by atoms with Gasteiger partial charge in [-0.05, 0) is 25.1 Å². The van der Waals surface area contributed by atoms with Crippen LogP contribution < -0.4 is 10.5 Å². The minimum atomic E-state index is -0.0487. The van der Waals surface area contributed by atoms with Crippen molar-refractivity contribution in [3.63, 3.8) is 0 Å². The van der Waals surface area contributed by atoms with Crippen molar-refractivity contribution < 1.29 is 9.26 Å². The third-order valence-electron chi connectivity index (χ3n) is 3.84. The predicted octanol–water partition coefficient (Wildman–Crippen LogP) is 3.58. The summed E-state index contributed by atoms with van der Waals surface area (Å²) in [7, 11) is 0. The average Bonchev–Trinajstić information content (AvgIpc) is 3.10. The Morgan fingerprint density at radius 1 is 1.20 bits per heavy atom. The van der Waals surface area contributed by atoms with Gasteiger partial charge < -0.3 is 15.0 Å². The highest BCUT2D eigenvalue weighted by atomic mass is 35.5. The fourth-order valence-corrected chi connectivity index (χ4v) is 2.14. The summed E-state index contributed by atoms with van der Waals surface area (Å²) in [5.74, 6) is 1.82. The van der Waals surface area contributed by atoms with Crippen LogP contribution in [0.4, 0.5) is 0 Å². The van der Waals surface area contributed by atoms with Crippen LogP contribution in [0.3, 0.4) is 0 Å². The summed E-state index contributed by atoms with van der Waals surface area (Å²) in [6, 6.07) is 11.4. The summed E-state index contributed by atoms with van der Waals surface area (Å²) < 4.78 is 11.1. The van der Waals surface area contributed by atoms with Crippen molar-refractivity contribution in [2.45, 2.75) is 32.4 Å². The zero-order chi connectivity index (χ0) is 16.9. The maximum Gasteiger partial charge on any atom is 0.231 e. The Balaban J connectivity index is 0.00000225. The van der Waals surface area contributed by atoms with E-state index in [9.17, 15) is 0 Å². The van der Waals surface area contributed by atoms with Gasteiger partial charge >= 0.3 is 0 Å². The van der Waals surface area contributed by atoms with Gasteiger partial charge in [0, 0.05) is 29.6 Å². The molecule has 1 aromatic carbocycles. The lowest BCUT2D eigenvalue weighted by Gasteiger charge is -2.09. The molecule has 2 aromatic heterocycles. The summed E-state index contributed by atoms with van der Waals surface area (Å²) >= 11 is 0. The number of ether oxygens (including phenoxy) is 1. The maximum absolute atomic E-state index is 5.88. The summed E-state index contributed by atoms with van der Waals surface area (Å²) in [6.07, 6.45) is 3.52. The van der Waals surface area contributed by atoms with E-state index in [0.29, 0.717) is 18.3 Å². The van der Waals surface area contributed by atoms with Gasteiger partial charge in [-0.2, -0.15) is 4.98 Å². The number of pyridine rings is 1. The van der Waals surface area contributed by atoms with Crippen LogP contribution in [0.15, 0.2) is 53.3 Å². The summed E-state index contributed by atoms with van der Waals surface area (Å²) in [6.45, 7) is 4.34. The lowest BCUT2D eigenvalue weighted by Crippen LogP contribution is -2.22. The van der Waals surface area contributed by atoms with Crippen LogP contribution in [-0.4, -0.2) is 21.2 Å². The molecule has 0 aliphatic rings. The Bertz CT molecular complexity index is 793. The van der Waals surface area contributed by atoms with E-state index < -0.39 is 0 Å². The Hall–Kier alpha value is -2.44.